The summed E-state index contributed by atoms with van der Waals surface area (Å²) >= 11 is 0. The minimum atomic E-state index is 0.514. The van der Waals surface area contributed by atoms with Crippen LogP contribution in [0.25, 0.3) is 0 Å². The van der Waals surface area contributed by atoms with Crippen molar-refractivity contribution in [1.82, 2.24) is 5.32 Å². The number of rotatable bonds is 1. The predicted molar refractivity (Wildman–Crippen MR) is 31.3 cm³/mol. The van der Waals surface area contributed by atoms with Crippen LogP contribution in [0.15, 0.2) is 0 Å². The van der Waals surface area contributed by atoms with Crippen molar-refractivity contribution in [2.24, 2.45) is 0 Å². The van der Waals surface area contributed by atoms with Crippen LogP contribution in [0.2, 0.25) is 0 Å². The van der Waals surface area contributed by atoms with Crippen LogP contribution in [-0.4, -0.2) is 12.1 Å². The van der Waals surface area contributed by atoms with Gasteiger partial charge < -0.3 is 5.32 Å². The largest absolute Gasteiger partial charge is 0.311 e. The van der Waals surface area contributed by atoms with Gasteiger partial charge in [0.05, 0.1) is 0 Å². The molecular formula is C6H13N. The molecule has 1 saturated heterocycles. The van der Waals surface area contributed by atoms with E-state index >= 15 is 0 Å². The first-order valence-electron chi connectivity index (χ1n) is 3.02. The van der Waals surface area contributed by atoms with Crippen molar-refractivity contribution in [3.05, 3.63) is 0 Å². The Bertz CT molecular complexity index is 59.1. The van der Waals surface area contributed by atoms with Crippen molar-refractivity contribution in [2.45, 2.75) is 32.2 Å². The summed E-state index contributed by atoms with van der Waals surface area (Å²) in [5, 5.41) is 3.37. The highest BCUT2D eigenvalue weighted by Crippen LogP contribution is 2.20. The second kappa shape index (κ2) is 1.48. The number of hydrogen-bond acceptors (Lipinski definition) is 1. The van der Waals surface area contributed by atoms with Gasteiger partial charge in [-0.2, -0.15) is 0 Å². The predicted octanol–water partition coefficient (Wildman–Crippen LogP) is 1.15. The lowest BCUT2D eigenvalue weighted by Crippen LogP contribution is -2.53. The highest BCUT2D eigenvalue weighted by molar-refractivity contribution is 4.90. The molecule has 1 atom stereocenters. The van der Waals surface area contributed by atoms with Gasteiger partial charge in [-0.15, -0.1) is 0 Å². The molecule has 0 aromatic rings. The minimum absolute atomic E-state index is 0.514. The maximum absolute atomic E-state index is 3.37. The molecule has 0 aromatic carbocycles. The first-order valence-corrected chi connectivity index (χ1v) is 3.02. The molecular weight excluding hydrogens is 86.1 g/mol. The van der Waals surface area contributed by atoms with E-state index in [1.807, 2.05) is 0 Å². The highest BCUT2D eigenvalue weighted by atomic mass is 15.0. The zero-order chi connectivity index (χ0) is 5.33. The van der Waals surface area contributed by atoms with Crippen LogP contribution in [0.5, 0.6) is 0 Å². The fraction of sp³-hybridized carbons (Fsp3) is 1.00. The molecule has 1 aliphatic rings. The smallest absolute Gasteiger partial charge is 0.0162 e. The molecule has 42 valence electrons. The summed E-state index contributed by atoms with van der Waals surface area (Å²) in [5.74, 6) is 0. The molecule has 1 fully saturated rings. The van der Waals surface area contributed by atoms with Gasteiger partial charge in [0, 0.05) is 5.54 Å². The van der Waals surface area contributed by atoms with Gasteiger partial charge in [0.15, 0.2) is 0 Å². The van der Waals surface area contributed by atoms with Gasteiger partial charge in [-0.1, -0.05) is 6.92 Å². The second-order valence-corrected chi connectivity index (χ2v) is 2.59. The number of nitrogens with one attached hydrogen (secondary N) is 1. The summed E-state index contributed by atoms with van der Waals surface area (Å²) in [6, 6.07) is 0. The van der Waals surface area contributed by atoms with E-state index in [4.69, 9.17) is 0 Å². The Morgan fingerprint density at radius 1 is 1.71 bits per heavy atom. The fourth-order valence-electron chi connectivity index (χ4n) is 0.854. The summed E-state index contributed by atoms with van der Waals surface area (Å²) in [6.07, 6.45) is 2.64. The molecule has 7 heavy (non-hydrogen) atoms. The molecule has 1 heteroatoms. The van der Waals surface area contributed by atoms with Crippen LogP contribution in [0.3, 0.4) is 0 Å². The Balaban J connectivity index is 2.29. The SMILES string of the molecule is CC[C@]1(C)CCN1. The van der Waals surface area contributed by atoms with Gasteiger partial charge in [0.25, 0.3) is 0 Å². The zero-order valence-electron chi connectivity index (χ0n) is 5.12. The van der Waals surface area contributed by atoms with Gasteiger partial charge in [0.1, 0.15) is 0 Å². The van der Waals surface area contributed by atoms with Gasteiger partial charge in [0.2, 0.25) is 0 Å². The Morgan fingerprint density at radius 2 is 2.29 bits per heavy atom. The van der Waals surface area contributed by atoms with E-state index in [0.29, 0.717) is 5.54 Å². The van der Waals surface area contributed by atoms with E-state index in [1.165, 1.54) is 19.4 Å². The van der Waals surface area contributed by atoms with E-state index in [9.17, 15) is 0 Å². The Hall–Kier alpha value is -0.0400. The van der Waals surface area contributed by atoms with E-state index in [0.717, 1.165) is 0 Å². The van der Waals surface area contributed by atoms with Crippen LogP contribution in [0.4, 0.5) is 0 Å². The molecule has 0 saturated carbocycles. The van der Waals surface area contributed by atoms with Crippen molar-refractivity contribution in [3.63, 3.8) is 0 Å². The molecule has 1 rings (SSSR count). The molecule has 0 radical (unpaired) electrons. The first kappa shape index (κ1) is 5.10. The van der Waals surface area contributed by atoms with Crippen molar-refractivity contribution in [1.29, 1.82) is 0 Å². The van der Waals surface area contributed by atoms with Gasteiger partial charge in [-0.25, -0.2) is 0 Å². The second-order valence-electron chi connectivity index (χ2n) is 2.59. The van der Waals surface area contributed by atoms with Gasteiger partial charge in [-0.05, 0) is 26.3 Å². The van der Waals surface area contributed by atoms with E-state index < -0.39 is 0 Å². The molecule has 0 spiro atoms. The molecule has 0 aliphatic carbocycles. The molecule has 0 amide bonds. The normalized spacial score (nSPS) is 40.3. The van der Waals surface area contributed by atoms with Gasteiger partial charge >= 0.3 is 0 Å². The van der Waals surface area contributed by atoms with Crippen LogP contribution in [0.1, 0.15) is 26.7 Å². The van der Waals surface area contributed by atoms with Crippen LogP contribution in [-0.2, 0) is 0 Å². The van der Waals surface area contributed by atoms with E-state index in [2.05, 4.69) is 19.2 Å². The molecule has 1 nitrogen and oxygen atoms in total. The average molecular weight is 99.2 g/mol. The Morgan fingerprint density at radius 3 is 2.29 bits per heavy atom. The van der Waals surface area contributed by atoms with Crippen molar-refractivity contribution in [2.75, 3.05) is 6.54 Å². The summed E-state index contributed by atoms with van der Waals surface area (Å²) in [7, 11) is 0. The summed E-state index contributed by atoms with van der Waals surface area (Å²) in [6.45, 7) is 5.73. The summed E-state index contributed by atoms with van der Waals surface area (Å²) in [5.41, 5.74) is 0.514. The average Bonchev–Trinajstić information content (AvgIpc) is 1.61. The zero-order valence-corrected chi connectivity index (χ0v) is 5.12. The lowest BCUT2D eigenvalue weighted by Gasteiger charge is -2.39. The summed E-state index contributed by atoms with van der Waals surface area (Å²) in [4.78, 5) is 0. The standard InChI is InChI=1S/C6H13N/c1-3-6(2)4-5-7-6/h7H,3-5H2,1-2H3/t6-/m1/s1. The minimum Gasteiger partial charge on any atom is -0.311 e. The topological polar surface area (TPSA) is 12.0 Å². The third kappa shape index (κ3) is 0.778. The van der Waals surface area contributed by atoms with Crippen LogP contribution in [0, 0.1) is 0 Å². The molecule has 1 N–H and O–H groups in total. The lowest BCUT2D eigenvalue weighted by molar-refractivity contribution is 0.225. The monoisotopic (exact) mass is 99.1 g/mol. The Labute approximate surface area is 45.1 Å². The maximum Gasteiger partial charge on any atom is 0.0162 e. The quantitative estimate of drug-likeness (QED) is 0.520. The highest BCUT2D eigenvalue weighted by Gasteiger charge is 2.27. The van der Waals surface area contributed by atoms with E-state index in [-0.39, 0.29) is 0 Å². The molecule has 1 aliphatic heterocycles. The van der Waals surface area contributed by atoms with Gasteiger partial charge in [-0.3, -0.25) is 0 Å². The third-order valence-electron chi connectivity index (χ3n) is 2.01. The molecule has 0 bridgehead atoms. The van der Waals surface area contributed by atoms with Crippen molar-refractivity contribution < 1.29 is 0 Å². The lowest BCUT2D eigenvalue weighted by atomic mass is 9.88. The van der Waals surface area contributed by atoms with Crippen LogP contribution >= 0.6 is 0 Å². The third-order valence-corrected chi connectivity index (χ3v) is 2.01. The fourth-order valence-corrected chi connectivity index (χ4v) is 0.854. The van der Waals surface area contributed by atoms with Crippen molar-refractivity contribution >= 4 is 0 Å². The maximum atomic E-state index is 3.37. The van der Waals surface area contributed by atoms with Crippen molar-refractivity contribution in [3.8, 4) is 0 Å². The number of hydrogen-bond donors (Lipinski definition) is 1. The molecule has 1 heterocycles. The molecule has 0 unspecified atom stereocenters. The molecule has 0 aromatic heterocycles. The van der Waals surface area contributed by atoms with Crippen LogP contribution < -0.4 is 5.32 Å². The first-order chi connectivity index (χ1) is 3.27. The Kier molecular flexibility index (Phi) is 1.08. The van der Waals surface area contributed by atoms with E-state index in [1.54, 1.807) is 0 Å². The summed E-state index contributed by atoms with van der Waals surface area (Å²) < 4.78 is 0.